The first-order valence-corrected chi connectivity index (χ1v) is 9.83. The number of benzene rings is 3. The molecule has 1 heterocycles. The van der Waals surface area contributed by atoms with Crippen LogP contribution in [-0.4, -0.2) is 17.8 Å². The van der Waals surface area contributed by atoms with Crippen LogP contribution in [0.25, 0.3) is 6.08 Å². The van der Waals surface area contributed by atoms with Crippen LogP contribution < -0.4 is 15.0 Å². The van der Waals surface area contributed by atoms with Crippen LogP contribution in [-0.2, 0) is 16.2 Å². The predicted octanol–water partition coefficient (Wildman–Crippen LogP) is 4.59. The van der Waals surface area contributed by atoms with Crippen molar-refractivity contribution >= 4 is 41.2 Å². The number of rotatable bonds is 5. The third kappa shape index (κ3) is 4.49. The molecule has 1 aliphatic heterocycles. The van der Waals surface area contributed by atoms with Gasteiger partial charge in [-0.3, -0.25) is 14.9 Å². The number of hydrogen-bond acceptors (Lipinski definition) is 4. The maximum absolute atomic E-state index is 13.0. The lowest BCUT2D eigenvalue weighted by Crippen LogP contribution is -2.54. The van der Waals surface area contributed by atoms with Gasteiger partial charge < -0.3 is 4.74 Å². The molecular weight excluding hydrogens is 416 g/mol. The zero-order chi connectivity index (χ0) is 21.8. The van der Waals surface area contributed by atoms with E-state index in [1.165, 1.54) is 6.08 Å². The fourth-order valence-electron chi connectivity index (χ4n) is 3.14. The van der Waals surface area contributed by atoms with E-state index >= 15 is 0 Å². The Bertz CT molecular complexity index is 1190. The number of carbonyl (C=O) groups excluding carboxylic acids is 3. The van der Waals surface area contributed by atoms with E-state index in [1.54, 1.807) is 66.7 Å². The lowest BCUT2D eigenvalue weighted by Gasteiger charge is -2.26. The average molecular weight is 433 g/mol. The van der Waals surface area contributed by atoms with Crippen LogP contribution in [0.5, 0.6) is 5.75 Å². The van der Waals surface area contributed by atoms with Crippen LogP contribution in [0.2, 0.25) is 5.02 Å². The van der Waals surface area contributed by atoms with E-state index in [9.17, 15) is 14.4 Å². The third-order valence-corrected chi connectivity index (χ3v) is 4.85. The normalized spacial score (nSPS) is 15.2. The van der Waals surface area contributed by atoms with Crippen molar-refractivity contribution < 1.29 is 19.1 Å². The number of nitrogens with zero attached hydrogens (tertiary/aromatic N) is 1. The molecule has 1 N–H and O–H groups in total. The van der Waals surface area contributed by atoms with Crippen molar-refractivity contribution in [3.05, 3.63) is 101 Å². The van der Waals surface area contributed by atoms with Crippen molar-refractivity contribution in [2.24, 2.45) is 0 Å². The van der Waals surface area contributed by atoms with Crippen LogP contribution in [0.15, 0.2) is 84.4 Å². The molecule has 0 atom stereocenters. The second-order valence-electron chi connectivity index (χ2n) is 6.75. The van der Waals surface area contributed by atoms with E-state index in [0.717, 1.165) is 10.5 Å². The second-order valence-corrected chi connectivity index (χ2v) is 7.19. The van der Waals surface area contributed by atoms with Crippen LogP contribution >= 0.6 is 11.6 Å². The number of halogens is 1. The first-order valence-electron chi connectivity index (χ1n) is 9.46. The monoisotopic (exact) mass is 432 g/mol. The number of hydrogen-bond donors (Lipinski definition) is 1. The van der Waals surface area contributed by atoms with Crippen molar-refractivity contribution in [1.82, 2.24) is 5.32 Å². The van der Waals surface area contributed by atoms with E-state index in [1.807, 2.05) is 12.1 Å². The fraction of sp³-hybridized carbons (Fsp3) is 0.0417. The summed E-state index contributed by atoms with van der Waals surface area (Å²) in [5.41, 5.74) is 1.61. The molecule has 3 aromatic carbocycles. The highest BCUT2D eigenvalue weighted by molar-refractivity contribution is 6.39. The van der Waals surface area contributed by atoms with E-state index in [-0.39, 0.29) is 12.2 Å². The van der Waals surface area contributed by atoms with Crippen molar-refractivity contribution in [3.8, 4) is 5.75 Å². The molecule has 4 rings (SSSR count). The minimum atomic E-state index is -0.788. The smallest absolute Gasteiger partial charge is 0.335 e. The molecule has 1 aliphatic rings. The molecule has 0 saturated carbocycles. The van der Waals surface area contributed by atoms with Gasteiger partial charge in [0.15, 0.2) is 0 Å². The zero-order valence-corrected chi connectivity index (χ0v) is 17.0. The summed E-state index contributed by atoms with van der Waals surface area (Å²) in [5.74, 6) is -0.977. The topological polar surface area (TPSA) is 75.7 Å². The molecular formula is C24H17ClN2O4. The first-order chi connectivity index (χ1) is 15.0. The molecule has 1 saturated heterocycles. The lowest BCUT2D eigenvalue weighted by atomic mass is 10.1. The van der Waals surface area contributed by atoms with Gasteiger partial charge in [-0.2, -0.15) is 0 Å². The van der Waals surface area contributed by atoms with Gasteiger partial charge in [-0.15, -0.1) is 0 Å². The van der Waals surface area contributed by atoms with Crippen LogP contribution in [0.4, 0.5) is 10.5 Å². The highest BCUT2D eigenvalue weighted by Crippen LogP contribution is 2.26. The number of anilines is 1. The SMILES string of the molecule is O=C1NC(=O)N(c2ccccc2)C(=O)/C1=C/c1ccccc1OCc1cccc(Cl)c1. The Morgan fingerprint density at radius 2 is 1.65 bits per heavy atom. The van der Waals surface area contributed by atoms with Crippen LogP contribution in [0.3, 0.4) is 0 Å². The fourth-order valence-corrected chi connectivity index (χ4v) is 3.36. The number of carbonyl (C=O) groups is 3. The van der Waals surface area contributed by atoms with E-state index in [4.69, 9.17) is 16.3 Å². The van der Waals surface area contributed by atoms with Gasteiger partial charge >= 0.3 is 6.03 Å². The van der Waals surface area contributed by atoms with E-state index in [2.05, 4.69) is 5.32 Å². The lowest BCUT2D eigenvalue weighted by molar-refractivity contribution is -0.122. The second kappa shape index (κ2) is 8.85. The summed E-state index contributed by atoms with van der Waals surface area (Å²) in [7, 11) is 0. The van der Waals surface area contributed by atoms with Gasteiger partial charge in [0, 0.05) is 10.6 Å². The summed E-state index contributed by atoms with van der Waals surface area (Å²) >= 11 is 6.02. The molecule has 0 aliphatic carbocycles. The Hall–Kier alpha value is -3.90. The zero-order valence-electron chi connectivity index (χ0n) is 16.2. The minimum absolute atomic E-state index is 0.165. The van der Waals surface area contributed by atoms with Gasteiger partial charge in [0.05, 0.1) is 5.69 Å². The number of urea groups is 1. The summed E-state index contributed by atoms with van der Waals surface area (Å²) in [4.78, 5) is 38.6. The summed E-state index contributed by atoms with van der Waals surface area (Å²) in [6.45, 7) is 0.259. The van der Waals surface area contributed by atoms with Crippen LogP contribution in [0, 0.1) is 0 Å². The molecule has 0 unspecified atom stereocenters. The van der Waals surface area contributed by atoms with Gasteiger partial charge in [-0.1, -0.05) is 60.1 Å². The van der Waals surface area contributed by atoms with Crippen molar-refractivity contribution in [1.29, 1.82) is 0 Å². The largest absolute Gasteiger partial charge is 0.488 e. The third-order valence-electron chi connectivity index (χ3n) is 4.62. The summed E-state index contributed by atoms with van der Waals surface area (Å²) in [5, 5.41) is 2.82. The molecule has 0 aromatic heterocycles. The maximum Gasteiger partial charge on any atom is 0.335 e. The molecule has 4 amide bonds. The number of amides is 4. The van der Waals surface area contributed by atoms with E-state index < -0.39 is 17.8 Å². The van der Waals surface area contributed by atoms with Gasteiger partial charge in [-0.25, -0.2) is 9.69 Å². The van der Waals surface area contributed by atoms with E-state index in [0.29, 0.717) is 22.0 Å². The number of nitrogens with one attached hydrogen (secondary N) is 1. The Balaban J connectivity index is 1.63. The number of para-hydroxylation sites is 2. The predicted molar refractivity (Wildman–Crippen MR) is 118 cm³/mol. The summed E-state index contributed by atoms with van der Waals surface area (Å²) in [6.07, 6.45) is 1.42. The molecule has 0 radical (unpaired) electrons. The molecule has 154 valence electrons. The van der Waals surface area contributed by atoms with Crippen molar-refractivity contribution in [2.45, 2.75) is 6.61 Å². The highest BCUT2D eigenvalue weighted by Gasteiger charge is 2.36. The van der Waals surface area contributed by atoms with Gasteiger partial charge in [0.1, 0.15) is 17.9 Å². The minimum Gasteiger partial charge on any atom is -0.488 e. The molecule has 7 heteroatoms. The summed E-state index contributed by atoms with van der Waals surface area (Å²) in [6, 6.07) is 21.9. The van der Waals surface area contributed by atoms with Crippen molar-refractivity contribution in [2.75, 3.05) is 4.90 Å². The average Bonchev–Trinajstić information content (AvgIpc) is 2.76. The molecule has 0 bridgehead atoms. The molecule has 0 spiro atoms. The molecule has 6 nitrogen and oxygen atoms in total. The Labute approximate surface area is 183 Å². The van der Waals surface area contributed by atoms with Crippen LogP contribution in [0.1, 0.15) is 11.1 Å². The quantitative estimate of drug-likeness (QED) is 0.472. The summed E-state index contributed by atoms with van der Waals surface area (Å²) < 4.78 is 5.90. The number of imide groups is 2. The Morgan fingerprint density at radius 1 is 0.903 bits per heavy atom. The first kappa shape index (κ1) is 20.4. The number of ether oxygens (including phenoxy) is 1. The number of barbiturate groups is 1. The Morgan fingerprint density at radius 3 is 2.42 bits per heavy atom. The maximum atomic E-state index is 13.0. The standard InChI is InChI=1S/C24H17ClN2O4/c25-18-9-6-7-16(13-18)15-31-21-12-5-4-8-17(21)14-20-22(28)26-24(30)27(23(20)29)19-10-2-1-3-11-19/h1-14H,15H2,(H,26,28,30)/b20-14+. The molecule has 31 heavy (non-hydrogen) atoms. The molecule has 3 aromatic rings. The van der Waals surface area contributed by atoms with Gasteiger partial charge in [0.2, 0.25) is 0 Å². The highest BCUT2D eigenvalue weighted by atomic mass is 35.5. The van der Waals surface area contributed by atoms with Gasteiger partial charge in [0.25, 0.3) is 11.8 Å². The Kier molecular flexibility index (Phi) is 5.82. The van der Waals surface area contributed by atoms with Crippen molar-refractivity contribution in [3.63, 3.8) is 0 Å². The van der Waals surface area contributed by atoms with Gasteiger partial charge in [-0.05, 0) is 42.0 Å². The molecule has 1 fully saturated rings.